The van der Waals surface area contributed by atoms with Crippen LogP contribution in [0.25, 0.3) is 70.9 Å². The summed E-state index contributed by atoms with van der Waals surface area (Å²) < 4.78 is 0. The third-order valence-electron chi connectivity index (χ3n) is 9.29. The van der Waals surface area contributed by atoms with Gasteiger partial charge in [-0.05, 0) is 101 Å². The average molecular weight is 587 g/mol. The van der Waals surface area contributed by atoms with Crippen LogP contribution in [-0.4, -0.2) is 12.9 Å². The van der Waals surface area contributed by atoms with Gasteiger partial charge in [0.1, 0.15) is 6.67 Å². The van der Waals surface area contributed by atoms with Crippen LogP contribution in [0.15, 0.2) is 169 Å². The molecular formula is C44H30N2. The van der Waals surface area contributed by atoms with Crippen LogP contribution in [0, 0.1) is 0 Å². The Morgan fingerprint density at radius 3 is 1.54 bits per heavy atom. The van der Waals surface area contributed by atoms with E-state index in [9.17, 15) is 0 Å². The van der Waals surface area contributed by atoms with E-state index >= 15 is 0 Å². The van der Waals surface area contributed by atoms with Gasteiger partial charge in [-0.15, -0.1) is 0 Å². The molecule has 0 atom stereocenters. The Labute approximate surface area is 268 Å². The second-order valence-electron chi connectivity index (χ2n) is 12.0. The van der Waals surface area contributed by atoms with Crippen LogP contribution in [0.5, 0.6) is 0 Å². The number of hydrogen-bond donors (Lipinski definition) is 0. The summed E-state index contributed by atoms with van der Waals surface area (Å²) >= 11 is 0. The fourth-order valence-corrected chi connectivity index (χ4v) is 7.08. The molecule has 1 aliphatic rings. The minimum Gasteiger partial charge on any atom is -0.327 e. The molecule has 1 aliphatic heterocycles. The Morgan fingerprint density at radius 2 is 0.913 bits per heavy atom. The Kier molecular flexibility index (Phi) is 6.24. The van der Waals surface area contributed by atoms with Crippen molar-refractivity contribution in [2.75, 3.05) is 11.6 Å². The highest BCUT2D eigenvalue weighted by molar-refractivity contribution is 6.16. The molecule has 216 valence electrons. The molecule has 46 heavy (non-hydrogen) atoms. The zero-order valence-electron chi connectivity index (χ0n) is 25.3. The zero-order chi connectivity index (χ0) is 30.5. The lowest BCUT2D eigenvalue weighted by molar-refractivity contribution is 0.973. The molecule has 0 aliphatic carbocycles. The van der Waals surface area contributed by atoms with E-state index in [0.717, 1.165) is 16.8 Å². The number of nitrogens with zero attached hydrogens (tertiary/aromatic N) is 2. The first-order valence-corrected chi connectivity index (χ1v) is 15.8. The molecule has 2 heteroatoms. The van der Waals surface area contributed by atoms with Crippen molar-refractivity contribution < 1.29 is 0 Å². The minimum absolute atomic E-state index is 0.584. The molecule has 0 bridgehead atoms. The summed E-state index contributed by atoms with van der Waals surface area (Å²) in [5.41, 5.74) is 8.28. The second-order valence-corrected chi connectivity index (χ2v) is 12.0. The summed E-state index contributed by atoms with van der Waals surface area (Å²) in [6.45, 7) is 0.584. The van der Waals surface area contributed by atoms with Gasteiger partial charge in [-0.3, -0.25) is 4.99 Å². The SMILES string of the molecule is C1=NCN(c2cccc(-c3cc4ccccc4c4ccccc34)c2)C=C1c1cccc(-c2cc3ccccc3c3ccccc23)c1. The highest BCUT2D eigenvalue weighted by Gasteiger charge is 2.15. The minimum atomic E-state index is 0.584. The predicted octanol–water partition coefficient (Wildman–Crippen LogP) is 11.5. The molecule has 9 rings (SSSR count). The van der Waals surface area contributed by atoms with Gasteiger partial charge >= 0.3 is 0 Å². The number of benzene rings is 8. The Balaban J connectivity index is 1.11. The van der Waals surface area contributed by atoms with Crippen molar-refractivity contribution in [3.8, 4) is 22.3 Å². The number of aliphatic imine (C=N–C) groups is 1. The smallest absolute Gasteiger partial charge is 0.114 e. The lowest BCUT2D eigenvalue weighted by Crippen LogP contribution is -2.20. The van der Waals surface area contributed by atoms with Gasteiger partial charge in [0.15, 0.2) is 0 Å². The van der Waals surface area contributed by atoms with Crippen LogP contribution >= 0.6 is 0 Å². The second kappa shape index (κ2) is 10.9. The summed E-state index contributed by atoms with van der Waals surface area (Å²) in [6.07, 6.45) is 4.25. The molecular weight excluding hydrogens is 556 g/mol. The van der Waals surface area contributed by atoms with Crippen LogP contribution < -0.4 is 4.90 Å². The number of rotatable bonds is 4. The maximum atomic E-state index is 4.81. The van der Waals surface area contributed by atoms with E-state index in [1.807, 2.05) is 6.21 Å². The Morgan fingerprint density at radius 1 is 0.413 bits per heavy atom. The first-order chi connectivity index (χ1) is 22.8. The number of fused-ring (bicyclic) bond motifs is 6. The van der Waals surface area contributed by atoms with Gasteiger partial charge < -0.3 is 4.90 Å². The van der Waals surface area contributed by atoms with Gasteiger partial charge in [-0.25, -0.2) is 0 Å². The lowest BCUT2D eigenvalue weighted by Gasteiger charge is -2.24. The van der Waals surface area contributed by atoms with Crippen molar-refractivity contribution in [2.45, 2.75) is 0 Å². The third-order valence-corrected chi connectivity index (χ3v) is 9.29. The van der Waals surface area contributed by atoms with Gasteiger partial charge in [0.05, 0.1) is 0 Å². The average Bonchev–Trinajstić information content (AvgIpc) is 3.14. The van der Waals surface area contributed by atoms with Gasteiger partial charge in [0.2, 0.25) is 0 Å². The molecule has 0 N–H and O–H groups in total. The maximum absolute atomic E-state index is 4.81. The fraction of sp³-hybridized carbons (Fsp3) is 0.0227. The first kappa shape index (κ1) is 26.4. The van der Waals surface area contributed by atoms with Crippen molar-refractivity contribution in [1.29, 1.82) is 0 Å². The molecule has 0 saturated heterocycles. The molecule has 1 heterocycles. The highest BCUT2D eigenvalue weighted by atomic mass is 15.2. The number of anilines is 1. The summed E-state index contributed by atoms with van der Waals surface area (Å²) in [6, 6.07) is 57.1. The zero-order valence-corrected chi connectivity index (χ0v) is 25.3. The van der Waals surface area contributed by atoms with Gasteiger partial charge in [-0.2, -0.15) is 0 Å². The van der Waals surface area contributed by atoms with Crippen molar-refractivity contribution in [3.63, 3.8) is 0 Å². The van der Waals surface area contributed by atoms with Crippen molar-refractivity contribution >= 4 is 60.6 Å². The van der Waals surface area contributed by atoms with E-state index in [1.165, 1.54) is 65.3 Å². The number of allylic oxidation sites excluding steroid dienone is 1. The summed E-state index contributed by atoms with van der Waals surface area (Å²) in [4.78, 5) is 7.06. The molecule has 8 aromatic carbocycles. The molecule has 0 aromatic heterocycles. The first-order valence-electron chi connectivity index (χ1n) is 15.8. The molecule has 0 unspecified atom stereocenters. The largest absolute Gasteiger partial charge is 0.327 e. The van der Waals surface area contributed by atoms with Crippen LogP contribution in [0.2, 0.25) is 0 Å². The van der Waals surface area contributed by atoms with Gasteiger partial charge in [-0.1, -0.05) is 127 Å². The van der Waals surface area contributed by atoms with Crippen LogP contribution in [-0.2, 0) is 0 Å². The predicted molar refractivity (Wildman–Crippen MR) is 198 cm³/mol. The van der Waals surface area contributed by atoms with Crippen LogP contribution in [0.1, 0.15) is 5.56 Å². The van der Waals surface area contributed by atoms with E-state index in [2.05, 4.69) is 169 Å². The molecule has 0 saturated carbocycles. The van der Waals surface area contributed by atoms with Crippen molar-refractivity contribution in [3.05, 3.63) is 169 Å². The van der Waals surface area contributed by atoms with Crippen molar-refractivity contribution in [2.24, 2.45) is 4.99 Å². The third kappa shape index (κ3) is 4.46. The Hall–Kier alpha value is -5.99. The van der Waals surface area contributed by atoms with Gasteiger partial charge in [0, 0.05) is 23.7 Å². The molecule has 0 radical (unpaired) electrons. The number of hydrogen-bond acceptors (Lipinski definition) is 2. The Bertz CT molecular complexity index is 2520. The van der Waals surface area contributed by atoms with Crippen LogP contribution in [0.3, 0.4) is 0 Å². The van der Waals surface area contributed by atoms with Gasteiger partial charge in [0.25, 0.3) is 0 Å². The molecule has 0 spiro atoms. The molecule has 2 nitrogen and oxygen atoms in total. The van der Waals surface area contributed by atoms with E-state index in [-0.39, 0.29) is 0 Å². The van der Waals surface area contributed by atoms with E-state index in [4.69, 9.17) is 4.99 Å². The summed E-state index contributed by atoms with van der Waals surface area (Å²) in [5, 5.41) is 10.2. The quantitative estimate of drug-likeness (QED) is 0.187. The lowest BCUT2D eigenvalue weighted by atomic mass is 9.92. The fourth-order valence-electron chi connectivity index (χ4n) is 7.08. The standard InChI is InChI=1S/C44H30N2/c1-3-17-37-33(11-1)25-43(41-21-7-5-19-39(37)41)31-14-9-13-30(23-31)35-27-45-29-46(28-35)36-16-10-15-32(24-36)44-26-34-12-2-4-18-38(34)40-20-6-8-22-42(40)44/h1-28H,29H2. The van der Waals surface area contributed by atoms with E-state index in [1.54, 1.807) is 0 Å². The monoisotopic (exact) mass is 586 g/mol. The van der Waals surface area contributed by atoms with Crippen molar-refractivity contribution in [1.82, 2.24) is 0 Å². The molecule has 0 fully saturated rings. The maximum Gasteiger partial charge on any atom is 0.114 e. The molecule has 8 aromatic rings. The van der Waals surface area contributed by atoms with E-state index < -0.39 is 0 Å². The van der Waals surface area contributed by atoms with E-state index in [0.29, 0.717) is 6.67 Å². The summed E-state index contributed by atoms with van der Waals surface area (Å²) in [7, 11) is 0. The summed E-state index contributed by atoms with van der Waals surface area (Å²) in [5.74, 6) is 0. The topological polar surface area (TPSA) is 15.6 Å². The molecule has 0 amide bonds. The highest BCUT2D eigenvalue weighted by Crippen LogP contribution is 2.38. The normalized spacial score (nSPS) is 13.1. The van der Waals surface area contributed by atoms with Crippen LogP contribution in [0.4, 0.5) is 5.69 Å².